The minimum atomic E-state index is -0.659. The number of para-hydroxylation sites is 1. The number of carbonyl (C=O) groups excluding carboxylic acids is 2. The van der Waals surface area contributed by atoms with Crippen LogP contribution >= 0.6 is 11.8 Å². The molecular formula is C14H18N2O3S. The van der Waals surface area contributed by atoms with Crippen molar-refractivity contribution in [3.63, 3.8) is 0 Å². The van der Waals surface area contributed by atoms with Crippen LogP contribution < -0.4 is 10.6 Å². The number of thioether (sulfide) groups is 1. The average Bonchev–Trinajstić information content (AvgIpc) is 2.95. The number of benzene rings is 1. The van der Waals surface area contributed by atoms with Crippen LogP contribution in [-0.4, -0.2) is 42.6 Å². The highest BCUT2D eigenvalue weighted by Crippen LogP contribution is 2.30. The lowest BCUT2D eigenvalue weighted by Crippen LogP contribution is -2.47. The molecule has 0 radical (unpaired) electrons. The molecule has 1 heterocycles. The van der Waals surface area contributed by atoms with E-state index in [1.807, 2.05) is 6.07 Å². The number of ether oxygens (including phenoxy) is 1. The number of rotatable bonds is 4. The van der Waals surface area contributed by atoms with Crippen LogP contribution in [0.3, 0.4) is 0 Å². The van der Waals surface area contributed by atoms with E-state index in [0.717, 1.165) is 17.9 Å². The molecule has 2 amide bonds. The Morgan fingerprint density at radius 2 is 2.05 bits per heavy atom. The molecule has 1 aromatic rings. The van der Waals surface area contributed by atoms with Gasteiger partial charge in [-0.3, -0.25) is 9.59 Å². The summed E-state index contributed by atoms with van der Waals surface area (Å²) in [7, 11) is 1.64. The summed E-state index contributed by atoms with van der Waals surface area (Å²) in [5.41, 5.74) is 0.262. The van der Waals surface area contributed by atoms with Gasteiger partial charge in [-0.1, -0.05) is 18.2 Å². The van der Waals surface area contributed by atoms with Gasteiger partial charge in [0.15, 0.2) is 0 Å². The van der Waals surface area contributed by atoms with Crippen molar-refractivity contribution in [1.29, 1.82) is 0 Å². The summed E-state index contributed by atoms with van der Waals surface area (Å²) in [6.45, 7) is 0.359. The van der Waals surface area contributed by atoms with Crippen molar-refractivity contribution in [2.75, 3.05) is 30.5 Å². The van der Waals surface area contributed by atoms with Crippen LogP contribution in [0.5, 0.6) is 0 Å². The molecule has 1 fully saturated rings. The quantitative estimate of drug-likeness (QED) is 0.821. The fourth-order valence-corrected chi connectivity index (χ4v) is 3.39. The summed E-state index contributed by atoms with van der Waals surface area (Å²) < 4.78 is 5.48. The number of anilines is 1. The Bertz CT molecular complexity index is 473. The second kappa shape index (κ2) is 6.76. The molecule has 2 rings (SSSR count). The van der Waals surface area contributed by atoms with Gasteiger partial charge in [0.25, 0.3) is 0 Å². The molecule has 0 bridgehead atoms. The second-order valence-corrected chi connectivity index (χ2v) is 5.80. The van der Waals surface area contributed by atoms with Crippen LogP contribution in [0, 0.1) is 0 Å². The van der Waals surface area contributed by atoms with Crippen molar-refractivity contribution in [3.8, 4) is 0 Å². The molecule has 5 nitrogen and oxygen atoms in total. The maximum Gasteiger partial charge on any atom is 0.313 e. The van der Waals surface area contributed by atoms with E-state index in [9.17, 15) is 9.59 Å². The topological polar surface area (TPSA) is 67.4 Å². The van der Waals surface area contributed by atoms with Gasteiger partial charge in [-0.2, -0.15) is 11.8 Å². The summed E-state index contributed by atoms with van der Waals surface area (Å²) in [6.07, 6.45) is 0.884. The largest absolute Gasteiger partial charge is 0.376 e. The van der Waals surface area contributed by atoms with Crippen molar-refractivity contribution in [2.24, 2.45) is 0 Å². The summed E-state index contributed by atoms with van der Waals surface area (Å²) in [6, 6.07) is 8.90. The van der Waals surface area contributed by atoms with Gasteiger partial charge in [-0.15, -0.1) is 0 Å². The Morgan fingerprint density at radius 3 is 2.65 bits per heavy atom. The maximum atomic E-state index is 11.8. The molecule has 20 heavy (non-hydrogen) atoms. The summed E-state index contributed by atoms with van der Waals surface area (Å²) in [4.78, 5) is 23.5. The van der Waals surface area contributed by atoms with Gasteiger partial charge in [-0.25, -0.2) is 0 Å². The van der Waals surface area contributed by atoms with Crippen molar-refractivity contribution < 1.29 is 14.3 Å². The molecule has 1 atom stereocenters. The van der Waals surface area contributed by atoms with Crippen LogP contribution in [0.2, 0.25) is 0 Å². The van der Waals surface area contributed by atoms with Crippen LogP contribution in [0.25, 0.3) is 0 Å². The van der Waals surface area contributed by atoms with E-state index in [0.29, 0.717) is 12.2 Å². The van der Waals surface area contributed by atoms with Crippen molar-refractivity contribution in [3.05, 3.63) is 30.3 Å². The highest BCUT2D eigenvalue weighted by atomic mass is 32.2. The zero-order valence-electron chi connectivity index (χ0n) is 11.3. The van der Waals surface area contributed by atoms with Gasteiger partial charge in [0, 0.05) is 25.1 Å². The first-order valence-electron chi connectivity index (χ1n) is 6.42. The molecule has 0 spiro atoms. The van der Waals surface area contributed by atoms with E-state index < -0.39 is 11.8 Å². The van der Waals surface area contributed by atoms with Gasteiger partial charge in [-0.05, 0) is 24.3 Å². The van der Waals surface area contributed by atoms with Gasteiger partial charge >= 0.3 is 11.8 Å². The molecule has 0 saturated carbocycles. The summed E-state index contributed by atoms with van der Waals surface area (Å²) in [5, 5.41) is 5.20. The standard InChI is InChI=1S/C14H18N2O3S/c1-19-14(7-8-20-10-14)9-15-12(17)13(18)16-11-5-3-2-4-6-11/h2-6H,7-10H2,1H3,(H,15,17)(H,16,18)/t14-/m1/s1. The number of nitrogens with one attached hydrogen (secondary N) is 2. The van der Waals surface area contributed by atoms with Crippen molar-refractivity contribution >= 4 is 29.3 Å². The Morgan fingerprint density at radius 1 is 1.30 bits per heavy atom. The predicted octanol–water partition coefficient (Wildman–Crippen LogP) is 1.26. The fourth-order valence-electron chi connectivity index (χ4n) is 1.99. The second-order valence-electron chi connectivity index (χ2n) is 4.69. The molecular weight excluding hydrogens is 276 g/mol. The Balaban J connectivity index is 1.84. The average molecular weight is 294 g/mol. The van der Waals surface area contributed by atoms with Gasteiger partial charge in [0.05, 0.1) is 5.60 Å². The predicted molar refractivity (Wildman–Crippen MR) is 79.8 cm³/mol. The third-order valence-electron chi connectivity index (χ3n) is 3.31. The number of hydrogen-bond donors (Lipinski definition) is 2. The first-order chi connectivity index (χ1) is 9.65. The molecule has 2 N–H and O–H groups in total. The van der Waals surface area contributed by atoms with Crippen LogP contribution in [0.4, 0.5) is 5.69 Å². The lowest BCUT2D eigenvalue weighted by molar-refractivity contribution is -0.136. The van der Waals surface area contributed by atoms with E-state index in [2.05, 4.69) is 10.6 Å². The number of carbonyl (C=O) groups is 2. The van der Waals surface area contributed by atoms with Crippen molar-refractivity contribution in [1.82, 2.24) is 5.32 Å². The Hall–Kier alpha value is -1.53. The molecule has 108 valence electrons. The molecule has 1 aromatic carbocycles. The third kappa shape index (κ3) is 3.74. The molecule has 1 aliphatic rings. The smallest absolute Gasteiger partial charge is 0.313 e. The highest BCUT2D eigenvalue weighted by Gasteiger charge is 2.35. The summed E-state index contributed by atoms with van der Waals surface area (Å²) in [5.74, 6) is 0.555. The van der Waals surface area contributed by atoms with E-state index in [1.54, 1.807) is 43.1 Å². The number of amides is 2. The van der Waals surface area contributed by atoms with Gasteiger partial charge in [0.1, 0.15) is 0 Å². The van der Waals surface area contributed by atoms with Gasteiger partial charge < -0.3 is 15.4 Å². The van der Waals surface area contributed by atoms with Crippen LogP contribution in [0.15, 0.2) is 30.3 Å². The lowest BCUT2D eigenvalue weighted by atomic mass is 10.0. The van der Waals surface area contributed by atoms with E-state index in [1.165, 1.54) is 0 Å². The number of hydrogen-bond acceptors (Lipinski definition) is 4. The van der Waals surface area contributed by atoms with E-state index in [4.69, 9.17) is 4.74 Å². The Kier molecular flexibility index (Phi) is 5.03. The number of methoxy groups -OCH3 is 1. The Labute approximate surface area is 122 Å². The summed E-state index contributed by atoms with van der Waals surface area (Å²) >= 11 is 1.79. The minimum Gasteiger partial charge on any atom is -0.376 e. The van der Waals surface area contributed by atoms with Crippen LogP contribution in [0.1, 0.15) is 6.42 Å². The zero-order chi connectivity index (χ0) is 14.4. The normalized spacial score (nSPS) is 21.4. The first kappa shape index (κ1) is 14.9. The molecule has 1 saturated heterocycles. The lowest BCUT2D eigenvalue weighted by Gasteiger charge is -2.26. The van der Waals surface area contributed by atoms with Crippen molar-refractivity contribution in [2.45, 2.75) is 12.0 Å². The minimum absolute atomic E-state index is 0.340. The third-order valence-corrected chi connectivity index (χ3v) is 4.53. The maximum absolute atomic E-state index is 11.8. The fraction of sp³-hybridized carbons (Fsp3) is 0.429. The molecule has 0 unspecified atom stereocenters. The molecule has 0 aliphatic carbocycles. The van der Waals surface area contributed by atoms with Crippen LogP contribution in [-0.2, 0) is 14.3 Å². The van der Waals surface area contributed by atoms with Gasteiger partial charge in [0.2, 0.25) is 0 Å². The molecule has 6 heteroatoms. The zero-order valence-corrected chi connectivity index (χ0v) is 12.2. The van der Waals surface area contributed by atoms with E-state index >= 15 is 0 Å². The highest BCUT2D eigenvalue weighted by molar-refractivity contribution is 7.99. The monoisotopic (exact) mass is 294 g/mol. The first-order valence-corrected chi connectivity index (χ1v) is 7.58. The molecule has 1 aliphatic heterocycles. The molecule has 0 aromatic heterocycles. The SMILES string of the molecule is CO[C@@]1(CNC(=O)C(=O)Nc2ccccc2)CCSC1. The van der Waals surface area contributed by atoms with E-state index in [-0.39, 0.29) is 5.60 Å².